The summed E-state index contributed by atoms with van der Waals surface area (Å²) in [5, 5.41) is 3.41. The third-order valence-corrected chi connectivity index (χ3v) is 4.52. The molecule has 0 saturated heterocycles. The molecule has 0 bridgehead atoms. The number of rotatable bonds is 4. The van der Waals surface area contributed by atoms with E-state index in [4.69, 9.17) is 0 Å². The Morgan fingerprint density at radius 2 is 1.85 bits per heavy atom. The topological polar surface area (TPSA) is 79.7 Å². The van der Waals surface area contributed by atoms with E-state index in [9.17, 15) is 0 Å². The smallest absolute Gasteiger partial charge is 0.134 e. The third kappa shape index (κ3) is 3.46. The summed E-state index contributed by atoms with van der Waals surface area (Å²) in [4.78, 5) is 24.2. The Hall–Kier alpha value is -3.09. The maximum Gasteiger partial charge on any atom is 0.134 e. The maximum absolute atomic E-state index is 4.55. The minimum absolute atomic E-state index is 0.631. The summed E-state index contributed by atoms with van der Waals surface area (Å²) in [6.07, 6.45) is 8.10. The Morgan fingerprint density at radius 3 is 2.62 bits per heavy atom. The van der Waals surface area contributed by atoms with Crippen LogP contribution < -0.4 is 10.2 Å². The predicted octanol–water partition coefficient (Wildman–Crippen LogP) is 2.45. The van der Waals surface area contributed by atoms with E-state index in [1.54, 1.807) is 6.33 Å². The van der Waals surface area contributed by atoms with E-state index in [1.165, 1.54) is 0 Å². The Labute approximate surface area is 152 Å². The predicted molar refractivity (Wildman–Crippen MR) is 99.9 cm³/mol. The van der Waals surface area contributed by atoms with Crippen LogP contribution in [0.3, 0.4) is 0 Å². The first-order valence-electron chi connectivity index (χ1n) is 8.71. The lowest BCUT2D eigenvalue weighted by atomic mass is 10.1. The average Bonchev–Trinajstić information content (AvgIpc) is 2.68. The van der Waals surface area contributed by atoms with Crippen molar-refractivity contribution in [2.75, 3.05) is 16.8 Å². The molecule has 3 aromatic rings. The minimum atomic E-state index is 0.631. The summed E-state index contributed by atoms with van der Waals surface area (Å²) >= 11 is 0. The molecular weight excluding hydrogens is 326 g/mol. The molecule has 0 aliphatic carbocycles. The minimum Gasteiger partial charge on any atom is -0.365 e. The number of anilines is 2. The van der Waals surface area contributed by atoms with Crippen LogP contribution in [0.15, 0.2) is 37.1 Å². The van der Waals surface area contributed by atoms with Crippen LogP contribution in [0.5, 0.6) is 0 Å². The van der Waals surface area contributed by atoms with Crippen molar-refractivity contribution in [2.45, 2.75) is 33.4 Å². The fraction of sp³-hybridized carbons (Fsp3) is 0.316. The number of pyridine rings is 1. The summed E-state index contributed by atoms with van der Waals surface area (Å²) < 4.78 is 0. The first kappa shape index (κ1) is 16.4. The van der Waals surface area contributed by atoms with Crippen LogP contribution >= 0.6 is 0 Å². The first-order chi connectivity index (χ1) is 12.7. The highest BCUT2D eigenvalue weighted by atomic mass is 15.2. The second kappa shape index (κ2) is 7.03. The molecule has 132 valence electrons. The highest BCUT2D eigenvalue weighted by Crippen LogP contribution is 2.26. The lowest BCUT2D eigenvalue weighted by molar-refractivity contribution is 0.697. The molecule has 0 fully saturated rings. The zero-order valence-electron chi connectivity index (χ0n) is 15.0. The van der Waals surface area contributed by atoms with Gasteiger partial charge in [-0.3, -0.25) is 0 Å². The fourth-order valence-corrected chi connectivity index (χ4v) is 3.03. The monoisotopic (exact) mass is 347 g/mol. The van der Waals surface area contributed by atoms with E-state index < -0.39 is 0 Å². The lowest BCUT2D eigenvalue weighted by Crippen LogP contribution is -2.32. The van der Waals surface area contributed by atoms with Gasteiger partial charge in [-0.05, 0) is 25.5 Å². The van der Waals surface area contributed by atoms with E-state index in [2.05, 4.69) is 47.3 Å². The number of aromatic nitrogens is 5. The summed E-state index contributed by atoms with van der Waals surface area (Å²) in [5.41, 5.74) is 4.42. The molecule has 1 N–H and O–H groups in total. The number of nitrogens with zero attached hydrogens (tertiary/aromatic N) is 6. The number of fused-ring (bicyclic) bond motifs is 1. The largest absolute Gasteiger partial charge is 0.365 e. The van der Waals surface area contributed by atoms with Crippen molar-refractivity contribution < 1.29 is 0 Å². The van der Waals surface area contributed by atoms with Crippen molar-refractivity contribution in [3.8, 4) is 0 Å². The van der Waals surface area contributed by atoms with E-state index in [-0.39, 0.29) is 0 Å². The van der Waals surface area contributed by atoms with E-state index >= 15 is 0 Å². The van der Waals surface area contributed by atoms with Crippen LogP contribution in [0, 0.1) is 13.8 Å². The van der Waals surface area contributed by atoms with Crippen molar-refractivity contribution in [2.24, 2.45) is 0 Å². The highest BCUT2D eigenvalue weighted by molar-refractivity contribution is 5.52. The van der Waals surface area contributed by atoms with Gasteiger partial charge in [0.25, 0.3) is 0 Å². The van der Waals surface area contributed by atoms with Gasteiger partial charge in [0.2, 0.25) is 0 Å². The van der Waals surface area contributed by atoms with Gasteiger partial charge in [-0.15, -0.1) is 0 Å². The summed E-state index contributed by atoms with van der Waals surface area (Å²) in [7, 11) is 0. The average molecular weight is 347 g/mol. The van der Waals surface area contributed by atoms with Crippen molar-refractivity contribution in [1.29, 1.82) is 0 Å². The van der Waals surface area contributed by atoms with Crippen molar-refractivity contribution in [1.82, 2.24) is 24.9 Å². The highest BCUT2D eigenvalue weighted by Gasteiger charge is 2.22. The lowest BCUT2D eigenvalue weighted by Gasteiger charge is -2.30. The second-order valence-electron chi connectivity index (χ2n) is 6.50. The van der Waals surface area contributed by atoms with Crippen molar-refractivity contribution in [3.05, 3.63) is 65.3 Å². The molecule has 0 amide bonds. The van der Waals surface area contributed by atoms with Crippen LogP contribution in [-0.4, -0.2) is 31.5 Å². The standard InChI is InChI=1S/C19H21N7/c1-13-3-4-18(22-7-13)26-6-5-17-16(11-26)19(25-12-24-17)23-10-15-8-20-14(2)21-9-15/h3-4,7-9,12H,5-6,10-11H2,1-2H3,(H,23,24,25). The molecule has 1 aliphatic rings. The maximum atomic E-state index is 4.55. The van der Waals surface area contributed by atoms with Crippen LogP contribution in [0.25, 0.3) is 0 Å². The summed E-state index contributed by atoms with van der Waals surface area (Å²) in [5.74, 6) is 2.63. The molecule has 0 spiro atoms. The van der Waals surface area contributed by atoms with Crippen LogP contribution in [0.1, 0.15) is 28.2 Å². The van der Waals surface area contributed by atoms with Crippen LogP contribution in [0.4, 0.5) is 11.6 Å². The van der Waals surface area contributed by atoms with Gasteiger partial charge in [0.15, 0.2) is 0 Å². The van der Waals surface area contributed by atoms with E-state index in [0.717, 1.165) is 59.4 Å². The number of aryl methyl sites for hydroxylation is 2. The van der Waals surface area contributed by atoms with Gasteiger partial charge < -0.3 is 10.2 Å². The van der Waals surface area contributed by atoms with E-state index in [0.29, 0.717) is 6.54 Å². The Morgan fingerprint density at radius 1 is 1.00 bits per heavy atom. The van der Waals surface area contributed by atoms with Crippen LogP contribution in [0.2, 0.25) is 0 Å². The number of hydrogen-bond acceptors (Lipinski definition) is 7. The molecule has 4 rings (SSSR count). The van der Waals surface area contributed by atoms with E-state index in [1.807, 2.05) is 32.4 Å². The fourth-order valence-electron chi connectivity index (χ4n) is 3.03. The SMILES string of the molecule is Cc1ccc(N2CCc3ncnc(NCc4cnc(C)nc4)c3C2)nc1. The zero-order valence-corrected chi connectivity index (χ0v) is 15.0. The van der Waals surface area contributed by atoms with Gasteiger partial charge >= 0.3 is 0 Å². The summed E-state index contributed by atoms with van der Waals surface area (Å²) in [6, 6.07) is 4.16. The third-order valence-electron chi connectivity index (χ3n) is 4.52. The normalized spacial score (nSPS) is 13.4. The quantitative estimate of drug-likeness (QED) is 0.776. The van der Waals surface area contributed by atoms with Gasteiger partial charge in [0.05, 0.1) is 5.69 Å². The molecule has 0 radical (unpaired) electrons. The molecule has 0 saturated carbocycles. The van der Waals surface area contributed by atoms with Gasteiger partial charge in [-0.1, -0.05) is 6.07 Å². The van der Waals surface area contributed by atoms with Crippen LogP contribution in [-0.2, 0) is 19.5 Å². The number of hydrogen-bond donors (Lipinski definition) is 1. The molecule has 0 unspecified atom stereocenters. The Kier molecular flexibility index (Phi) is 4.43. The van der Waals surface area contributed by atoms with Gasteiger partial charge in [0, 0.05) is 55.8 Å². The Bertz CT molecular complexity index is 891. The van der Waals surface area contributed by atoms with Gasteiger partial charge in [-0.2, -0.15) is 0 Å². The molecule has 4 heterocycles. The van der Waals surface area contributed by atoms with Crippen molar-refractivity contribution in [3.63, 3.8) is 0 Å². The zero-order chi connectivity index (χ0) is 17.9. The molecule has 0 aromatic carbocycles. The molecule has 7 nitrogen and oxygen atoms in total. The van der Waals surface area contributed by atoms with Gasteiger partial charge in [0.1, 0.15) is 23.8 Å². The molecule has 7 heteroatoms. The molecule has 0 atom stereocenters. The molecule has 1 aliphatic heterocycles. The molecule has 3 aromatic heterocycles. The second-order valence-corrected chi connectivity index (χ2v) is 6.50. The summed E-state index contributed by atoms with van der Waals surface area (Å²) in [6.45, 7) is 6.22. The first-order valence-corrected chi connectivity index (χ1v) is 8.71. The van der Waals surface area contributed by atoms with Crippen molar-refractivity contribution >= 4 is 11.6 Å². The Balaban J connectivity index is 1.53. The molecular formula is C19H21N7. The molecule has 26 heavy (non-hydrogen) atoms. The number of nitrogens with one attached hydrogen (secondary N) is 1. The van der Waals surface area contributed by atoms with Gasteiger partial charge in [-0.25, -0.2) is 24.9 Å².